The van der Waals surface area contributed by atoms with E-state index >= 15 is 0 Å². The van der Waals surface area contributed by atoms with Crippen LogP contribution < -0.4 is 6.15 Å². The fourth-order valence-electron chi connectivity index (χ4n) is 0.857. The van der Waals surface area contributed by atoms with Crippen molar-refractivity contribution in [2.75, 3.05) is 0 Å². The second-order valence-corrected chi connectivity index (χ2v) is 8.33. The Morgan fingerprint density at radius 3 is 2.67 bits per heavy atom. The Bertz CT molecular complexity index is 271. The van der Waals surface area contributed by atoms with Crippen LogP contribution >= 0.6 is 0 Å². The molecule has 1 N–H and O–H groups in total. The van der Waals surface area contributed by atoms with Gasteiger partial charge in [0.05, 0.1) is 0 Å². The van der Waals surface area contributed by atoms with Gasteiger partial charge in [-0.1, -0.05) is 0 Å². The molecule has 1 rings (SSSR count). The van der Waals surface area contributed by atoms with Gasteiger partial charge in [-0.15, -0.1) is 0 Å². The normalized spacial score (nSPS) is 8.33. The monoisotopic (exact) mass is 349 g/mol. The molecule has 58 valence electrons. The average molecular weight is 348 g/mol. The Morgan fingerprint density at radius 1 is 1.42 bits per heavy atom. The standard InChI is InChI=1S/C6H5.C3H5NO.Hg/c1-2-4-6-5-3-1;1-2-3(4)5;/h1-5H;2H,1H2,(H2,4,5);/q;;+1/p-1. The van der Waals surface area contributed by atoms with Gasteiger partial charge in [-0.3, -0.25) is 0 Å². The number of benzene rings is 1. The van der Waals surface area contributed by atoms with E-state index < -0.39 is 24.9 Å². The summed E-state index contributed by atoms with van der Waals surface area (Å²) in [5.74, 6) is -0.0412. The quantitative estimate of drug-likeness (QED) is 0.630. The summed E-state index contributed by atoms with van der Waals surface area (Å²) in [6, 6.07) is 10.1. The van der Waals surface area contributed by atoms with E-state index in [1.807, 2.05) is 18.2 Å². The van der Waals surface area contributed by atoms with Gasteiger partial charge in [0, 0.05) is 0 Å². The summed E-state index contributed by atoms with van der Waals surface area (Å²) in [5, 5.41) is 0. The van der Waals surface area contributed by atoms with Crippen molar-refractivity contribution in [1.82, 2.24) is 3.08 Å². The second-order valence-electron chi connectivity index (χ2n) is 2.41. The van der Waals surface area contributed by atoms with E-state index in [0.717, 1.165) is 0 Å². The van der Waals surface area contributed by atoms with Crippen molar-refractivity contribution in [2.45, 2.75) is 0 Å². The Morgan fingerprint density at radius 2 is 2.08 bits per heavy atom. The first-order valence-corrected chi connectivity index (χ1v) is 9.27. The van der Waals surface area contributed by atoms with E-state index in [-0.39, 0.29) is 5.91 Å². The fraction of sp³-hybridized carbons (Fsp3) is 0. The number of hydrogen-bond donors (Lipinski definition) is 1. The summed E-state index contributed by atoms with van der Waals surface area (Å²) in [5.41, 5.74) is 0. The minimum atomic E-state index is -1.36. The van der Waals surface area contributed by atoms with Gasteiger partial charge >= 0.3 is 84.7 Å². The third kappa shape index (κ3) is 3.18. The molecule has 0 aromatic heterocycles. The molecule has 0 radical (unpaired) electrons. The molecule has 0 saturated heterocycles. The molecule has 0 bridgehead atoms. The van der Waals surface area contributed by atoms with Crippen LogP contribution in [0.15, 0.2) is 43.0 Å². The first-order valence-electron chi connectivity index (χ1n) is 3.77. The molecule has 0 aliphatic carbocycles. The predicted molar refractivity (Wildman–Crippen MR) is 44.4 cm³/mol. The van der Waals surface area contributed by atoms with Crippen LogP contribution in [0.1, 0.15) is 0 Å². The molecule has 12 heavy (non-hydrogen) atoms. The van der Waals surface area contributed by atoms with E-state index in [0.29, 0.717) is 0 Å². The van der Waals surface area contributed by atoms with Crippen LogP contribution in [0.5, 0.6) is 0 Å². The first-order chi connectivity index (χ1) is 5.83. The van der Waals surface area contributed by atoms with Crippen LogP contribution in [0.2, 0.25) is 0 Å². The molecule has 0 aliphatic rings. The van der Waals surface area contributed by atoms with E-state index in [1.54, 1.807) is 0 Å². The molecular weight excluding hydrogens is 339 g/mol. The van der Waals surface area contributed by atoms with Gasteiger partial charge in [0.25, 0.3) is 0 Å². The van der Waals surface area contributed by atoms with Crippen molar-refractivity contribution >= 4 is 8.98 Å². The van der Waals surface area contributed by atoms with Gasteiger partial charge in [0.1, 0.15) is 0 Å². The van der Waals surface area contributed by atoms with Gasteiger partial charge in [-0.05, 0) is 0 Å². The topological polar surface area (TPSA) is 29.1 Å². The summed E-state index contributed by atoms with van der Waals surface area (Å²) in [7, 11) is 0. The first kappa shape index (κ1) is 9.45. The van der Waals surface area contributed by atoms with E-state index in [2.05, 4.69) is 21.8 Å². The van der Waals surface area contributed by atoms with E-state index in [9.17, 15) is 4.79 Å². The molecule has 1 aromatic rings. The molecule has 0 heterocycles. The number of nitrogens with one attached hydrogen (secondary N) is 1. The molecule has 0 atom stereocenters. The zero-order valence-electron chi connectivity index (χ0n) is 6.79. The molecule has 1 aromatic carbocycles. The van der Waals surface area contributed by atoms with E-state index in [1.165, 1.54) is 9.15 Å². The van der Waals surface area contributed by atoms with Crippen LogP contribution in [0, 0.1) is 0 Å². The van der Waals surface area contributed by atoms with Crippen molar-refractivity contribution in [3.63, 3.8) is 0 Å². The van der Waals surface area contributed by atoms with Crippen molar-refractivity contribution in [2.24, 2.45) is 0 Å². The Kier molecular flexibility index (Phi) is 4.01. The third-order valence-corrected chi connectivity index (χ3v) is 6.96. The van der Waals surface area contributed by atoms with Gasteiger partial charge in [-0.2, -0.15) is 0 Å². The molecule has 0 spiro atoms. The number of rotatable bonds is 3. The fourth-order valence-corrected chi connectivity index (χ4v) is 4.86. The van der Waals surface area contributed by atoms with Gasteiger partial charge in [-0.25, -0.2) is 0 Å². The molecule has 0 unspecified atom stereocenters. The molecule has 3 heteroatoms. The summed E-state index contributed by atoms with van der Waals surface area (Å²) in [4.78, 5) is 10.8. The average Bonchev–Trinajstić information content (AvgIpc) is 2.16. The van der Waals surface area contributed by atoms with Gasteiger partial charge in [0.15, 0.2) is 0 Å². The second kappa shape index (κ2) is 5.09. The minimum absolute atomic E-state index is 0.0412. The zero-order valence-corrected chi connectivity index (χ0v) is 12.3. The Balaban J connectivity index is 2.43. The molecule has 0 aliphatic heterocycles. The van der Waals surface area contributed by atoms with E-state index in [4.69, 9.17) is 0 Å². The SMILES string of the molecule is C=CC(=O)[NH][Hg][c]1ccccc1. The maximum absolute atomic E-state index is 10.8. The Hall–Kier alpha value is -0.635. The summed E-state index contributed by atoms with van der Waals surface area (Å²) in [6.45, 7) is 3.40. The zero-order chi connectivity index (χ0) is 8.81. The number of hydrogen-bond acceptors (Lipinski definition) is 1. The summed E-state index contributed by atoms with van der Waals surface area (Å²) in [6.07, 6.45) is 1.32. The van der Waals surface area contributed by atoms with Crippen molar-refractivity contribution in [1.29, 1.82) is 0 Å². The number of amides is 1. The van der Waals surface area contributed by atoms with Crippen molar-refractivity contribution < 1.29 is 29.7 Å². The summed E-state index contributed by atoms with van der Waals surface area (Å²) < 4.78 is 4.23. The van der Waals surface area contributed by atoms with Crippen LogP contribution in [0.25, 0.3) is 0 Å². The van der Waals surface area contributed by atoms with Crippen LogP contribution in [0.3, 0.4) is 0 Å². The summed E-state index contributed by atoms with van der Waals surface area (Å²) >= 11 is -1.36. The van der Waals surface area contributed by atoms with Crippen LogP contribution in [-0.2, 0) is 29.7 Å². The number of carbonyl (C=O) groups is 1. The Labute approximate surface area is 84.5 Å². The maximum atomic E-state index is 10.8. The molecular formula is C9H9HgNO. The molecule has 0 saturated carbocycles. The predicted octanol–water partition coefficient (Wildman–Crippen LogP) is 0.612. The van der Waals surface area contributed by atoms with Crippen molar-refractivity contribution in [3.05, 3.63) is 43.0 Å². The molecule has 0 fully saturated rings. The number of carbonyl (C=O) groups excluding carboxylic acids is 1. The van der Waals surface area contributed by atoms with Gasteiger partial charge < -0.3 is 0 Å². The van der Waals surface area contributed by atoms with Crippen LogP contribution in [-0.4, -0.2) is 5.91 Å². The van der Waals surface area contributed by atoms with Crippen LogP contribution in [0.4, 0.5) is 0 Å². The van der Waals surface area contributed by atoms with Crippen molar-refractivity contribution in [3.8, 4) is 0 Å². The van der Waals surface area contributed by atoms with Gasteiger partial charge in [0.2, 0.25) is 0 Å². The molecule has 2 nitrogen and oxygen atoms in total. The molecule has 1 amide bonds. The third-order valence-electron chi connectivity index (χ3n) is 1.49.